The van der Waals surface area contributed by atoms with Crippen molar-refractivity contribution in [3.63, 3.8) is 0 Å². The molecule has 0 aliphatic carbocycles. The van der Waals surface area contributed by atoms with Crippen molar-refractivity contribution in [2.45, 2.75) is 6.54 Å². The second kappa shape index (κ2) is 5.87. The van der Waals surface area contributed by atoms with Crippen LogP contribution in [0.4, 0.5) is 0 Å². The van der Waals surface area contributed by atoms with Crippen molar-refractivity contribution in [2.24, 2.45) is 27.2 Å². The lowest BCUT2D eigenvalue weighted by Gasteiger charge is -1.93. The lowest BCUT2D eigenvalue weighted by Crippen LogP contribution is -3.00. The van der Waals surface area contributed by atoms with Crippen molar-refractivity contribution in [2.75, 3.05) is 0 Å². The highest BCUT2D eigenvalue weighted by molar-refractivity contribution is 5.92. The van der Waals surface area contributed by atoms with Crippen molar-refractivity contribution in [3.05, 3.63) is 24.2 Å². The van der Waals surface area contributed by atoms with Gasteiger partial charge < -0.3 is 34.0 Å². The molecule has 0 atom stereocenters. The van der Waals surface area contributed by atoms with Crippen LogP contribution in [0.2, 0.25) is 0 Å². The van der Waals surface area contributed by atoms with E-state index in [0.29, 0.717) is 12.3 Å². The van der Waals surface area contributed by atoms with E-state index in [4.69, 9.17) is 21.6 Å². The van der Waals surface area contributed by atoms with Gasteiger partial charge in [0.2, 0.25) is 5.96 Å². The predicted molar refractivity (Wildman–Crippen MR) is 49.8 cm³/mol. The molecule has 0 saturated heterocycles. The Morgan fingerprint density at radius 2 is 2.07 bits per heavy atom. The summed E-state index contributed by atoms with van der Waals surface area (Å²) in [5.74, 6) is 0.630. The third kappa shape index (κ3) is 4.36. The number of hydrogen-bond acceptors (Lipinski definition) is 2. The maximum atomic E-state index is 5.35. The van der Waals surface area contributed by atoms with Crippen molar-refractivity contribution in [3.8, 4) is 0 Å². The Hall–Kier alpha value is -1.69. The van der Waals surface area contributed by atoms with Crippen LogP contribution in [-0.2, 0) is 6.54 Å². The van der Waals surface area contributed by atoms with Gasteiger partial charge in [-0.25, -0.2) is 4.99 Å². The van der Waals surface area contributed by atoms with E-state index in [1.807, 2.05) is 0 Å². The first kappa shape index (κ1) is 12.3. The summed E-state index contributed by atoms with van der Waals surface area (Å²) in [6.45, 7) is 0.329. The van der Waals surface area contributed by atoms with Gasteiger partial charge in [-0.1, -0.05) is 0 Å². The van der Waals surface area contributed by atoms with Crippen molar-refractivity contribution >= 4 is 11.9 Å². The fourth-order valence-electron chi connectivity index (χ4n) is 0.729. The summed E-state index contributed by atoms with van der Waals surface area (Å²) < 4.78 is 5.02. The molecule has 78 valence electrons. The summed E-state index contributed by atoms with van der Waals surface area (Å²) in [5.41, 5.74) is 15.5. The highest BCUT2D eigenvalue weighted by Gasteiger charge is 1.93. The third-order valence-electron chi connectivity index (χ3n) is 1.22. The van der Waals surface area contributed by atoms with Crippen LogP contribution in [0.1, 0.15) is 5.76 Å². The molecule has 0 aliphatic rings. The van der Waals surface area contributed by atoms with Gasteiger partial charge in [0, 0.05) is 0 Å². The van der Waals surface area contributed by atoms with E-state index < -0.39 is 0 Å². The average molecular weight is 217 g/mol. The van der Waals surface area contributed by atoms with Crippen LogP contribution in [-0.4, -0.2) is 11.9 Å². The molecule has 0 saturated carbocycles. The largest absolute Gasteiger partial charge is 1.00 e. The van der Waals surface area contributed by atoms with E-state index in [1.54, 1.807) is 18.4 Å². The molecule has 7 heteroatoms. The molecular formula is C7H11ClN5O-. The third-order valence-corrected chi connectivity index (χ3v) is 1.22. The molecule has 1 rings (SSSR count). The highest BCUT2D eigenvalue weighted by Crippen LogP contribution is 2.00. The van der Waals surface area contributed by atoms with Gasteiger partial charge in [0.15, 0.2) is 5.96 Å². The minimum absolute atomic E-state index is 0. The van der Waals surface area contributed by atoms with Gasteiger partial charge in [-0.3, -0.25) is 0 Å². The molecule has 0 spiro atoms. The zero-order valence-corrected chi connectivity index (χ0v) is 8.11. The first-order chi connectivity index (χ1) is 6.18. The highest BCUT2D eigenvalue weighted by atomic mass is 35.5. The number of nitrogens with zero attached hydrogens (tertiary/aromatic N) is 2. The van der Waals surface area contributed by atoms with Crippen molar-refractivity contribution in [1.29, 1.82) is 0 Å². The molecule has 1 aromatic rings. The molecule has 0 fully saturated rings. The average Bonchev–Trinajstić information content (AvgIpc) is 2.51. The number of nitrogens with two attached hydrogens (primary N) is 3. The van der Waals surface area contributed by atoms with Crippen LogP contribution in [0.25, 0.3) is 0 Å². The SMILES string of the molecule is NC(N)=NC(N)=NCc1ccco1.[Cl-]. The summed E-state index contributed by atoms with van der Waals surface area (Å²) in [5, 5.41) is 0. The predicted octanol–water partition coefficient (Wildman–Crippen LogP) is -3.63. The topological polar surface area (TPSA) is 116 Å². The Morgan fingerprint density at radius 1 is 1.36 bits per heavy atom. The minimum Gasteiger partial charge on any atom is -1.00 e. The summed E-state index contributed by atoms with van der Waals surface area (Å²) in [4.78, 5) is 7.40. The van der Waals surface area contributed by atoms with E-state index in [2.05, 4.69) is 9.98 Å². The lowest BCUT2D eigenvalue weighted by atomic mass is 10.5. The number of hydrogen-bond donors (Lipinski definition) is 3. The Labute approximate surface area is 87.3 Å². The quantitative estimate of drug-likeness (QED) is 0.350. The van der Waals surface area contributed by atoms with Crippen LogP contribution in [0.3, 0.4) is 0 Å². The molecule has 0 radical (unpaired) electrons. The smallest absolute Gasteiger partial charge is 0.218 e. The molecule has 6 N–H and O–H groups in total. The van der Waals surface area contributed by atoms with Crippen molar-refractivity contribution in [1.82, 2.24) is 0 Å². The molecule has 0 aromatic carbocycles. The van der Waals surface area contributed by atoms with Gasteiger partial charge in [-0.05, 0) is 12.1 Å². The Balaban J connectivity index is 0.00000169. The first-order valence-corrected chi connectivity index (χ1v) is 3.60. The van der Waals surface area contributed by atoms with Gasteiger partial charge in [-0.15, -0.1) is 0 Å². The van der Waals surface area contributed by atoms with Gasteiger partial charge in [0.05, 0.1) is 6.26 Å². The fourth-order valence-corrected chi connectivity index (χ4v) is 0.729. The molecule has 0 unspecified atom stereocenters. The van der Waals surface area contributed by atoms with Gasteiger partial charge in [-0.2, -0.15) is 4.99 Å². The zero-order valence-electron chi connectivity index (χ0n) is 7.35. The Morgan fingerprint density at radius 3 is 2.57 bits per heavy atom. The number of halogens is 1. The van der Waals surface area contributed by atoms with Crippen LogP contribution in [0, 0.1) is 0 Å². The minimum atomic E-state index is -0.110. The molecule has 1 aromatic heterocycles. The van der Waals surface area contributed by atoms with E-state index in [9.17, 15) is 0 Å². The summed E-state index contributed by atoms with van der Waals surface area (Å²) in [6.07, 6.45) is 1.56. The molecule has 0 aliphatic heterocycles. The zero-order chi connectivity index (χ0) is 9.68. The summed E-state index contributed by atoms with van der Waals surface area (Å²) in [7, 11) is 0. The van der Waals surface area contributed by atoms with Crippen LogP contribution in [0.5, 0.6) is 0 Å². The maximum absolute atomic E-state index is 5.35. The molecule has 14 heavy (non-hydrogen) atoms. The van der Waals surface area contributed by atoms with Gasteiger partial charge in [0.1, 0.15) is 12.3 Å². The summed E-state index contributed by atoms with van der Waals surface area (Å²) in [6, 6.07) is 3.55. The molecule has 1 heterocycles. The van der Waals surface area contributed by atoms with E-state index in [0.717, 1.165) is 0 Å². The molecule has 0 amide bonds. The van der Waals surface area contributed by atoms with E-state index in [-0.39, 0.29) is 24.3 Å². The molecular weight excluding hydrogens is 206 g/mol. The molecule has 0 bridgehead atoms. The second-order valence-corrected chi connectivity index (χ2v) is 2.29. The van der Waals surface area contributed by atoms with Crippen LogP contribution < -0.4 is 29.6 Å². The monoisotopic (exact) mass is 216 g/mol. The van der Waals surface area contributed by atoms with Crippen molar-refractivity contribution < 1.29 is 16.8 Å². The number of furan rings is 1. The summed E-state index contributed by atoms with van der Waals surface area (Å²) >= 11 is 0. The van der Waals surface area contributed by atoms with Crippen LogP contribution in [0.15, 0.2) is 32.8 Å². The first-order valence-electron chi connectivity index (χ1n) is 3.60. The molecule has 6 nitrogen and oxygen atoms in total. The lowest BCUT2D eigenvalue weighted by molar-refractivity contribution is -0.00000374. The Kier molecular flexibility index (Phi) is 5.16. The maximum Gasteiger partial charge on any atom is 0.218 e. The standard InChI is InChI=1S/C7H11N5O.ClH/c8-6(9)12-7(10)11-4-5-2-1-3-13-5;/h1-3H,4H2,(H6,8,9,10,11,12);1H/p-1. The van der Waals surface area contributed by atoms with Gasteiger partial charge >= 0.3 is 0 Å². The van der Waals surface area contributed by atoms with Crippen LogP contribution >= 0.6 is 0 Å². The number of guanidine groups is 2. The number of aliphatic imine (C=N–C) groups is 2. The fraction of sp³-hybridized carbons (Fsp3) is 0.143. The van der Waals surface area contributed by atoms with E-state index in [1.165, 1.54) is 0 Å². The van der Waals surface area contributed by atoms with E-state index >= 15 is 0 Å². The number of rotatable bonds is 2. The second-order valence-electron chi connectivity index (χ2n) is 2.29. The van der Waals surface area contributed by atoms with Gasteiger partial charge in [0.25, 0.3) is 0 Å². The normalized spacial score (nSPS) is 10.4. The Bertz CT molecular complexity index is 315.